The molecule has 5 nitrogen and oxygen atoms in total. The fraction of sp³-hybridized carbons (Fsp3) is 0.125. The van der Waals surface area contributed by atoms with Crippen LogP contribution in [-0.4, -0.2) is 24.1 Å². The summed E-state index contributed by atoms with van der Waals surface area (Å²) in [6, 6.07) is 20.5. The Morgan fingerprint density at radius 1 is 0.900 bits per heavy atom. The number of carbonyl (C=O) groups excluding carboxylic acids is 3. The van der Waals surface area contributed by atoms with Gasteiger partial charge in [0.15, 0.2) is 5.78 Å². The number of carbonyl (C=O) groups is 3. The molecule has 3 aromatic carbocycles. The molecule has 1 aliphatic rings. The maximum atomic E-state index is 12.9. The average molecular weight is 419 g/mol. The van der Waals surface area contributed by atoms with Crippen molar-refractivity contribution in [2.45, 2.75) is 12.8 Å². The van der Waals surface area contributed by atoms with Crippen LogP contribution in [-0.2, 0) is 4.79 Å². The summed E-state index contributed by atoms with van der Waals surface area (Å²) in [6.45, 7) is 0.650. The minimum atomic E-state index is -0.368. The summed E-state index contributed by atoms with van der Waals surface area (Å²) in [5, 5.41) is 3.22. The third kappa shape index (κ3) is 4.11. The first-order valence-corrected chi connectivity index (χ1v) is 10.0. The molecule has 4 rings (SSSR count). The molecule has 3 aromatic rings. The van der Waals surface area contributed by atoms with Gasteiger partial charge in [-0.05, 0) is 42.8 Å². The van der Waals surface area contributed by atoms with E-state index in [4.69, 9.17) is 11.6 Å². The first-order valence-electron chi connectivity index (χ1n) is 9.64. The van der Waals surface area contributed by atoms with Gasteiger partial charge in [0.05, 0.1) is 5.69 Å². The fourth-order valence-electron chi connectivity index (χ4n) is 3.49. The van der Waals surface area contributed by atoms with E-state index >= 15 is 0 Å². The van der Waals surface area contributed by atoms with Crippen LogP contribution in [0.25, 0.3) is 0 Å². The van der Waals surface area contributed by atoms with E-state index in [-0.39, 0.29) is 17.6 Å². The molecule has 1 N–H and O–H groups in total. The number of nitrogens with one attached hydrogen (secondary N) is 1. The fourth-order valence-corrected chi connectivity index (χ4v) is 3.66. The van der Waals surface area contributed by atoms with Crippen molar-refractivity contribution in [2.24, 2.45) is 0 Å². The number of hydrogen-bond acceptors (Lipinski definition) is 3. The van der Waals surface area contributed by atoms with Gasteiger partial charge in [0, 0.05) is 40.4 Å². The molecule has 150 valence electrons. The van der Waals surface area contributed by atoms with Crippen molar-refractivity contribution in [2.75, 3.05) is 16.8 Å². The molecule has 0 spiro atoms. The van der Waals surface area contributed by atoms with Crippen molar-refractivity contribution in [3.63, 3.8) is 0 Å². The number of amides is 2. The first-order chi connectivity index (χ1) is 14.5. The van der Waals surface area contributed by atoms with Gasteiger partial charge in [-0.2, -0.15) is 0 Å². The summed E-state index contributed by atoms with van der Waals surface area (Å²) in [5.41, 5.74) is 2.29. The number of rotatable bonds is 5. The monoisotopic (exact) mass is 418 g/mol. The van der Waals surface area contributed by atoms with E-state index in [1.54, 1.807) is 65.6 Å². The highest BCUT2D eigenvalue weighted by Gasteiger charge is 2.23. The molecule has 0 aromatic heterocycles. The predicted octanol–water partition coefficient (Wildman–Crippen LogP) is 4.95. The Kier molecular flexibility index (Phi) is 5.63. The molecule has 1 aliphatic heterocycles. The second-order valence-corrected chi connectivity index (χ2v) is 7.47. The van der Waals surface area contributed by atoms with Gasteiger partial charge in [-0.3, -0.25) is 14.4 Å². The highest BCUT2D eigenvalue weighted by atomic mass is 35.5. The maximum absolute atomic E-state index is 12.9. The number of hydrogen-bond donors (Lipinski definition) is 1. The third-order valence-electron chi connectivity index (χ3n) is 5.00. The van der Waals surface area contributed by atoms with Crippen molar-refractivity contribution in [3.05, 3.63) is 94.5 Å². The van der Waals surface area contributed by atoms with Gasteiger partial charge >= 0.3 is 0 Å². The number of ketones is 1. The van der Waals surface area contributed by atoms with Crippen molar-refractivity contribution < 1.29 is 14.4 Å². The molecule has 1 saturated heterocycles. The first kappa shape index (κ1) is 19.9. The number of nitrogens with zero attached hydrogens (tertiary/aromatic N) is 1. The molecule has 1 heterocycles. The van der Waals surface area contributed by atoms with Crippen LogP contribution in [0.2, 0.25) is 5.02 Å². The Labute approximate surface area is 179 Å². The highest BCUT2D eigenvalue weighted by Crippen LogP contribution is 2.26. The zero-order valence-electron chi connectivity index (χ0n) is 16.1. The lowest BCUT2D eigenvalue weighted by atomic mass is 10.0. The summed E-state index contributed by atoms with van der Waals surface area (Å²) in [4.78, 5) is 39.5. The lowest BCUT2D eigenvalue weighted by molar-refractivity contribution is -0.117. The Bertz CT molecular complexity index is 1130. The Balaban J connectivity index is 1.61. The van der Waals surface area contributed by atoms with E-state index in [0.717, 1.165) is 6.42 Å². The van der Waals surface area contributed by atoms with Gasteiger partial charge in [0.1, 0.15) is 0 Å². The summed E-state index contributed by atoms with van der Waals surface area (Å²) in [5.74, 6) is -0.543. The molecule has 0 bridgehead atoms. The zero-order chi connectivity index (χ0) is 21.1. The molecule has 1 fully saturated rings. The van der Waals surface area contributed by atoms with E-state index in [1.807, 2.05) is 12.1 Å². The Hall–Kier alpha value is -3.44. The second-order valence-electron chi connectivity index (χ2n) is 7.04. The van der Waals surface area contributed by atoms with E-state index < -0.39 is 0 Å². The van der Waals surface area contributed by atoms with Crippen LogP contribution < -0.4 is 10.2 Å². The zero-order valence-corrected chi connectivity index (χ0v) is 16.9. The quantitative estimate of drug-likeness (QED) is 0.596. The van der Waals surface area contributed by atoms with Gasteiger partial charge in [-0.1, -0.05) is 48.0 Å². The van der Waals surface area contributed by atoms with Crippen LogP contribution >= 0.6 is 11.6 Å². The van der Waals surface area contributed by atoms with E-state index in [1.165, 1.54) is 0 Å². The molecule has 0 radical (unpaired) electrons. The smallest absolute Gasteiger partial charge is 0.255 e. The SMILES string of the molecule is O=C(Nc1ccc(Cl)cc1C(=O)c1ccccc1)c1cccc(N2CCCC2=O)c1. The minimum absolute atomic E-state index is 0.0565. The standard InChI is InChI=1S/C24H19ClN2O3/c25-18-11-12-21(20(15-18)23(29)16-6-2-1-3-7-16)26-24(30)17-8-4-9-19(14-17)27-13-5-10-22(27)28/h1-4,6-9,11-12,14-15H,5,10,13H2,(H,26,30). The van der Waals surface area contributed by atoms with Crippen LogP contribution in [0.5, 0.6) is 0 Å². The normalized spacial score (nSPS) is 13.4. The summed E-state index contributed by atoms with van der Waals surface area (Å²) >= 11 is 6.11. The van der Waals surface area contributed by atoms with Crippen LogP contribution in [0.4, 0.5) is 11.4 Å². The second kappa shape index (κ2) is 8.51. The third-order valence-corrected chi connectivity index (χ3v) is 5.24. The molecule has 0 atom stereocenters. The van der Waals surface area contributed by atoms with Crippen LogP contribution in [0, 0.1) is 0 Å². The van der Waals surface area contributed by atoms with E-state index in [2.05, 4.69) is 5.32 Å². The van der Waals surface area contributed by atoms with Gasteiger partial charge in [0.2, 0.25) is 5.91 Å². The minimum Gasteiger partial charge on any atom is -0.321 e. The number of anilines is 2. The molecule has 2 amide bonds. The van der Waals surface area contributed by atoms with E-state index in [0.29, 0.717) is 46.1 Å². The van der Waals surface area contributed by atoms with Gasteiger partial charge < -0.3 is 10.2 Å². The summed E-state index contributed by atoms with van der Waals surface area (Å²) in [7, 11) is 0. The van der Waals surface area contributed by atoms with Crippen LogP contribution in [0.3, 0.4) is 0 Å². The summed E-state index contributed by atoms with van der Waals surface area (Å²) in [6.07, 6.45) is 1.33. The Morgan fingerprint density at radius 2 is 1.67 bits per heavy atom. The predicted molar refractivity (Wildman–Crippen MR) is 117 cm³/mol. The van der Waals surface area contributed by atoms with Crippen molar-refractivity contribution in [1.82, 2.24) is 0 Å². The molecular weight excluding hydrogens is 400 g/mol. The molecule has 6 heteroatoms. The largest absolute Gasteiger partial charge is 0.321 e. The van der Waals surface area contributed by atoms with Gasteiger partial charge in [-0.15, -0.1) is 0 Å². The molecular formula is C24H19ClN2O3. The molecule has 30 heavy (non-hydrogen) atoms. The molecule has 0 saturated carbocycles. The van der Waals surface area contributed by atoms with Crippen molar-refractivity contribution in [1.29, 1.82) is 0 Å². The topological polar surface area (TPSA) is 66.5 Å². The van der Waals surface area contributed by atoms with Gasteiger partial charge in [0.25, 0.3) is 5.91 Å². The average Bonchev–Trinajstić information content (AvgIpc) is 3.21. The molecule has 0 unspecified atom stereocenters. The lowest BCUT2D eigenvalue weighted by Crippen LogP contribution is -2.24. The molecule has 0 aliphatic carbocycles. The van der Waals surface area contributed by atoms with E-state index in [9.17, 15) is 14.4 Å². The maximum Gasteiger partial charge on any atom is 0.255 e. The number of benzene rings is 3. The summed E-state index contributed by atoms with van der Waals surface area (Å²) < 4.78 is 0. The van der Waals surface area contributed by atoms with Crippen molar-refractivity contribution >= 4 is 40.6 Å². The van der Waals surface area contributed by atoms with Crippen LogP contribution in [0.1, 0.15) is 39.1 Å². The highest BCUT2D eigenvalue weighted by molar-refractivity contribution is 6.31. The van der Waals surface area contributed by atoms with Gasteiger partial charge in [-0.25, -0.2) is 0 Å². The number of halogens is 1. The Morgan fingerprint density at radius 3 is 2.40 bits per heavy atom. The lowest BCUT2D eigenvalue weighted by Gasteiger charge is -2.17. The van der Waals surface area contributed by atoms with Crippen molar-refractivity contribution in [3.8, 4) is 0 Å². The van der Waals surface area contributed by atoms with Crippen LogP contribution in [0.15, 0.2) is 72.8 Å².